The van der Waals surface area contributed by atoms with Crippen LogP contribution >= 0.6 is 0 Å². The van der Waals surface area contributed by atoms with Crippen LogP contribution < -0.4 is 0 Å². The lowest BCUT2D eigenvalue weighted by Crippen LogP contribution is -2.02. The van der Waals surface area contributed by atoms with Crippen molar-refractivity contribution in [2.75, 3.05) is 7.11 Å². The van der Waals surface area contributed by atoms with Crippen molar-refractivity contribution in [3.63, 3.8) is 0 Å². The Morgan fingerprint density at radius 1 is 0.826 bits per heavy atom. The fraction of sp³-hybridized carbons (Fsp3) is 0.100. The highest BCUT2D eigenvalue weighted by Gasteiger charge is 2.11. The molecule has 114 valence electrons. The first-order valence-electron chi connectivity index (χ1n) is 7.49. The summed E-state index contributed by atoms with van der Waals surface area (Å²) in [4.78, 5) is 9.69. The second-order valence-electron chi connectivity index (χ2n) is 5.18. The summed E-state index contributed by atoms with van der Waals surface area (Å²) in [6.07, 6.45) is 0. The average Bonchev–Trinajstić information content (AvgIpc) is 2.63. The fourth-order valence-corrected chi connectivity index (χ4v) is 2.51. The molecule has 0 atom stereocenters. The van der Waals surface area contributed by atoms with Gasteiger partial charge in [-0.15, -0.1) is 0 Å². The maximum Gasteiger partial charge on any atom is 0.106 e. The normalized spacial score (nSPS) is 11.3. The van der Waals surface area contributed by atoms with E-state index in [2.05, 4.69) is 35.5 Å². The highest BCUT2D eigenvalue weighted by atomic mass is 16.6. The van der Waals surface area contributed by atoms with Gasteiger partial charge in [-0.2, -0.15) is 0 Å². The van der Waals surface area contributed by atoms with Crippen LogP contribution in [-0.4, -0.2) is 17.8 Å². The number of rotatable bonds is 4. The molecule has 3 nitrogen and oxygen atoms in total. The van der Waals surface area contributed by atoms with Crippen molar-refractivity contribution < 1.29 is 4.84 Å². The smallest absolute Gasteiger partial charge is 0.106 e. The van der Waals surface area contributed by atoms with Crippen LogP contribution in [0.15, 0.2) is 78.0 Å². The molecule has 2 aromatic carbocycles. The molecular formula is C20H18N2O. The van der Waals surface area contributed by atoms with Crippen LogP contribution in [-0.2, 0) is 4.84 Å². The molecule has 0 N–H and O–H groups in total. The van der Waals surface area contributed by atoms with Gasteiger partial charge in [-0.25, -0.2) is 4.98 Å². The van der Waals surface area contributed by atoms with Crippen LogP contribution in [0.1, 0.15) is 12.6 Å². The number of pyridine rings is 1. The van der Waals surface area contributed by atoms with E-state index in [-0.39, 0.29) is 0 Å². The molecule has 3 heteroatoms. The highest BCUT2D eigenvalue weighted by Crippen LogP contribution is 2.30. The second-order valence-corrected chi connectivity index (χ2v) is 5.18. The van der Waals surface area contributed by atoms with Crippen molar-refractivity contribution in [1.29, 1.82) is 0 Å². The molecule has 0 radical (unpaired) electrons. The number of oxime groups is 1. The zero-order valence-electron chi connectivity index (χ0n) is 13.2. The van der Waals surface area contributed by atoms with Crippen molar-refractivity contribution in [2.45, 2.75) is 6.92 Å². The molecule has 0 fully saturated rings. The number of hydrogen-bond acceptors (Lipinski definition) is 3. The highest BCUT2D eigenvalue weighted by molar-refractivity contribution is 5.98. The third-order valence-electron chi connectivity index (χ3n) is 3.63. The van der Waals surface area contributed by atoms with Crippen molar-refractivity contribution in [3.05, 3.63) is 78.5 Å². The van der Waals surface area contributed by atoms with Crippen molar-refractivity contribution >= 4 is 5.71 Å². The van der Waals surface area contributed by atoms with Gasteiger partial charge in [-0.05, 0) is 24.6 Å². The van der Waals surface area contributed by atoms with E-state index >= 15 is 0 Å². The molecule has 0 saturated carbocycles. The zero-order valence-corrected chi connectivity index (χ0v) is 13.2. The standard InChI is InChI=1S/C20H18N2O/c1-15(22-23-2)19-14-13-18(16-9-5-3-6-10-16)20(21-19)17-11-7-4-8-12-17/h3-14H,1-2H3/b22-15-. The minimum Gasteiger partial charge on any atom is -0.399 e. The van der Waals surface area contributed by atoms with E-state index in [1.54, 1.807) is 7.11 Å². The molecule has 0 amide bonds. The first kappa shape index (κ1) is 15.0. The third-order valence-corrected chi connectivity index (χ3v) is 3.63. The summed E-state index contributed by atoms with van der Waals surface area (Å²) in [6.45, 7) is 1.89. The summed E-state index contributed by atoms with van der Waals surface area (Å²) < 4.78 is 0. The summed E-state index contributed by atoms with van der Waals surface area (Å²) in [5.41, 5.74) is 5.84. The monoisotopic (exact) mass is 302 g/mol. The van der Waals surface area contributed by atoms with Gasteiger partial charge in [-0.1, -0.05) is 65.8 Å². The predicted molar refractivity (Wildman–Crippen MR) is 94.3 cm³/mol. The van der Waals surface area contributed by atoms with Crippen LogP contribution in [0.4, 0.5) is 0 Å². The van der Waals surface area contributed by atoms with E-state index in [1.165, 1.54) is 0 Å². The lowest BCUT2D eigenvalue weighted by molar-refractivity contribution is 0.213. The largest absolute Gasteiger partial charge is 0.399 e. The number of hydrogen-bond donors (Lipinski definition) is 0. The third kappa shape index (κ3) is 3.29. The maximum atomic E-state index is 4.87. The molecule has 0 bridgehead atoms. The molecule has 0 aliphatic heterocycles. The Kier molecular flexibility index (Phi) is 4.48. The van der Waals surface area contributed by atoms with Crippen LogP contribution in [0, 0.1) is 0 Å². The molecule has 23 heavy (non-hydrogen) atoms. The first-order valence-corrected chi connectivity index (χ1v) is 7.49. The molecule has 0 saturated heterocycles. The molecule has 0 unspecified atom stereocenters. The molecule has 1 heterocycles. The van der Waals surface area contributed by atoms with Crippen LogP contribution in [0.2, 0.25) is 0 Å². The van der Waals surface area contributed by atoms with Crippen LogP contribution in [0.5, 0.6) is 0 Å². The van der Waals surface area contributed by atoms with Gasteiger partial charge in [0.15, 0.2) is 0 Å². The Labute approximate surface area is 136 Å². The topological polar surface area (TPSA) is 34.5 Å². The van der Waals surface area contributed by atoms with Crippen molar-refractivity contribution in [3.8, 4) is 22.4 Å². The Bertz CT molecular complexity index is 812. The van der Waals surface area contributed by atoms with Crippen LogP contribution in [0.3, 0.4) is 0 Å². The van der Waals surface area contributed by atoms with Gasteiger partial charge in [0.25, 0.3) is 0 Å². The van der Waals surface area contributed by atoms with E-state index in [9.17, 15) is 0 Å². The van der Waals surface area contributed by atoms with Gasteiger partial charge >= 0.3 is 0 Å². The van der Waals surface area contributed by atoms with E-state index < -0.39 is 0 Å². The quantitative estimate of drug-likeness (QED) is 0.513. The van der Waals surface area contributed by atoms with Gasteiger partial charge in [0.2, 0.25) is 0 Å². The van der Waals surface area contributed by atoms with Gasteiger partial charge in [0, 0.05) is 11.1 Å². The Hall–Kier alpha value is -2.94. The molecule has 0 spiro atoms. The Morgan fingerprint density at radius 2 is 1.43 bits per heavy atom. The van der Waals surface area contributed by atoms with E-state index in [4.69, 9.17) is 9.82 Å². The van der Waals surface area contributed by atoms with Gasteiger partial charge in [0.05, 0.1) is 11.4 Å². The van der Waals surface area contributed by atoms with Crippen molar-refractivity contribution in [1.82, 2.24) is 4.98 Å². The molecule has 3 rings (SSSR count). The lowest BCUT2D eigenvalue weighted by Gasteiger charge is -2.11. The zero-order chi connectivity index (χ0) is 16.1. The summed E-state index contributed by atoms with van der Waals surface area (Å²) in [7, 11) is 1.54. The van der Waals surface area contributed by atoms with Crippen molar-refractivity contribution in [2.24, 2.45) is 5.16 Å². The molecule has 0 aliphatic rings. The second kappa shape index (κ2) is 6.88. The van der Waals surface area contributed by atoms with Gasteiger partial charge in [0.1, 0.15) is 12.8 Å². The van der Waals surface area contributed by atoms with Gasteiger partial charge < -0.3 is 4.84 Å². The Balaban J connectivity index is 2.19. The number of nitrogens with zero attached hydrogens (tertiary/aromatic N) is 2. The first-order chi connectivity index (χ1) is 11.3. The molecule has 0 aliphatic carbocycles. The minimum atomic E-state index is 0.754. The van der Waals surface area contributed by atoms with Gasteiger partial charge in [-0.3, -0.25) is 0 Å². The lowest BCUT2D eigenvalue weighted by atomic mass is 9.98. The summed E-state index contributed by atoms with van der Waals surface area (Å²) in [5, 5.41) is 3.99. The predicted octanol–water partition coefficient (Wildman–Crippen LogP) is 4.79. The van der Waals surface area contributed by atoms with Crippen LogP contribution in [0.25, 0.3) is 22.4 Å². The Morgan fingerprint density at radius 3 is 2.04 bits per heavy atom. The van der Waals surface area contributed by atoms with E-state index in [0.717, 1.165) is 33.8 Å². The molecular weight excluding hydrogens is 284 g/mol. The fourth-order valence-electron chi connectivity index (χ4n) is 2.51. The summed E-state index contributed by atoms with van der Waals surface area (Å²) >= 11 is 0. The number of benzene rings is 2. The minimum absolute atomic E-state index is 0.754. The van der Waals surface area contributed by atoms with E-state index in [1.807, 2.05) is 49.4 Å². The number of aromatic nitrogens is 1. The molecule has 3 aromatic rings. The average molecular weight is 302 g/mol. The summed E-state index contributed by atoms with van der Waals surface area (Å²) in [5.74, 6) is 0. The maximum absolute atomic E-state index is 4.87. The van der Waals surface area contributed by atoms with E-state index in [0.29, 0.717) is 0 Å². The SMILES string of the molecule is CO/N=C(/C)c1ccc(-c2ccccc2)c(-c2ccccc2)n1. The molecule has 1 aromatic heterocycles. The summed E-state index contributed by atoms with van der Waals surface area (Å²) in [6, 6.07) is 24.5.